The standard InChI is InChI=1S/C15H19BrFN/c1-3-5-6-7-15(18-10-4-2)13-9-8-12(17)11-14(13)16/h1,8-9,11,15,18H,4-7,10H2,2H3. The molecule has 0 aliphatic carbocycles. The molecule has 1 aromatic carbocycles. The van der Waals surface area contributed by atoms with E-state index >= 15 is 0 Å². The van der Waals surface area contributed by atoms with Crippen molar-refractivity contribution >= 4 is 15.9 Å². The summed E-state index contributed by atoms with van der Waals surface area (Å²) >= 11 is 3.43. The molecule has 0 aliphatic rings. The zero-order chi connectivity index (χ0) is 13.4. The molecule has 3 heteroatoms. The summed E-state index contributed by atoms with van der Waals surface area (Å²) < 4.78 is 13.9. The van der Waals surface area contributed by atoms with Crippen molar-refractivity contribution in [3.63, 3.8) is 0 Å². The molecule has 0 amide bonds. The zero-order valence-electron chi connectivity index (χ0n) is 10.7. The first-order chi connectivity index (χ1) is 8.69. The van der Waals surface area contributed by atoms with E-state index in [-0.39, 0.29) is 11.9 Å². The average molecular weight is 312 g/mol. The quantitative estimate of drug-likeness (QED) is 0.580. The molecule has 0 aromatic heterocycles. The normalized spacial score (nSPS) is 12.1. The van der Waals surface area contributed by atoms with E-state index in [0.29, 0.717) is 0 Å². The van der Waals surface area contributed by atoms with Gasteiger partial charge in [-0.1, -0.05) is 28.9 Å². The van der Waals surface area contributed by atoms with Crippen LogP contribution in [0.2, 0.25) is 0 Å². The largest absolute Gasteiger partial charge is 0.310 e. The number of hydrogen-bond donors (Lipinski definition) is 1. The van der Waals surface area contributed by atoms with Gasteiger partial charge in [0.25, 0.3) is 0 Å². The average Bonchev–Trinajstić information content (AvgIpc) is 2.34. The molecule has 0 spiro atoms. The Bertz CT molecular complexity index is 411. The van der Waals surface area contributed by atoms with Crippen LogP contribution in [-0.2, 0) is 0 Å². The van der Waals surface area contributed by atoms with Crippen molar-refractivity contribution in [2.45, 2.75) is 38.6 Å². The van der Waals surface area contributed by atoms with Crippen LogP contribution in [0, 0.1) is 18.2 Å². The Morgan fingerprint density at radius 2 is 2.28 bits per heavy atom. The van der Waals surface area contributed by atoms with Gasteiger partial charge in [-0.05, 0) is 43.5 Å². The SMILES string of the molecule is C#CCCCC(NCCC)c1ccc(F)cc1Br. The summed E-state index contributed by atoms with van der Waals surface area (Å²) in [6.07, 6.45) is 9.07. The third kappa shape index (κ3) is 4.80. The summed E-state index contributed by atoms with van der Waals surface area (Å²) in [5.41, 5.74) is 1.10. The molecule has 1 aromatic rings. The Labute approximate surface area is 117 Å². The number of hydrogen-bond acceptors (Lipinski definition) is 1. The van der Waals surface area contributed by atoms with E-state index in [1.165, 1.54) is 12.1 Å². The van der Waals surface area contributed by atoms with Crippen molar-refractivity contribution in [1.29, 1.82) is 0 Å². The predicted molar refractivity (Wildman–Crippen MR) is 77.8 cm³/mol. The molecule has 1 nitrogen and oxygen atoms in total. The van der Waals surface area contributed by atoms with Crippen LogP contribution in [-0.4, -0.2) is 6.54 Å². The van der Waals surface area contributed by atoms with E-state index in [9.17, 15) is 4.39 Å². The molecule has 1 rings (SSSR count). The second-order valence-electron chi connectivity index (χ2n) is 4.27. The summed E-state index contributed by atoms with van der Waals surface area (Å²) in [6.45, 7) is 3.08. The Morgan fingerprint density at radius 1 is 1.50 bits per heavy atom. The highest BCUT2D eigenvalue weighted by atomic mass is 79.9. The second-order valence-corrected chi connectivity index (χ2v) is 5.12. The molecule has 0 radical (unpaired) electrons. The van der Waals surface area contributed by atoms with Crippen molar-refractivity contribution < 1.29 is 4.39 Å². The van der Waals surface area contributed by atoms with Crippen LogP contribution in [0.5, 0.6) is 0 Å². The lowest BCUT2D eigenvalue weighted by atomic mass is 10.0. The Morgan fingerprint density at radius 3 is 2.89 bits per heavy atom. The van der Waals surface area contributed by atoms with Crippen LogP contribution in [0.15, 0.2) is 22.7 Å². The molecular weight excluding hydrogens is 293 g/mol. The maximum Gasteiger partial charge on any atom is 0.124 e. The van der Waals surface area contributed by atoms with Gasteiger partial charge in [0.05, 0.1) is 0 Å². The number of nitrogens with one attached hydrogen (secondary N) is 1. The van der Waals surface area contributed by atoms with Gasteiger partial charge in [0, 0.05) is 16.9 Å². The van der Waals surface area contributed by atoms with Gasteiger partial charge < -0.3 is 5.32 Å². The molecule has 1 unspecified atom stereocenters. The first-order valence-corrected chi connectivity index (χ1v) is 7.10. The van der Waals surface area contributed by atoms with Gasteiger partial charge >= 0.3 is 0 Å². The summed E-state index contributed by atoms with van der Waals surface area (Å²) in [5, 5.41) is 3.48. The van der Waals surface area contributed by atoms with E-state index in [1.54, 1.807) is 0 Å². The summed E-state index contributed by atoms with van der Waals surface area (Å²) in [4.78, 5) is 0. The highest BCUT2D eigenvalue weighted by Gasteiger charge is 2.13. The summed E-state index contributed by atoms with van der Waals surface area (Å²) in [5.74, 6) is 2.44. The third-order valence-corrected chi connectivity index (χ3v) is 3.48. The maximum absolute atomic E-state index is 13.1. The maximum atomic E-state index is 13.1. The minimum atomic E-state index is -0.219. The van der Waals surface area contributed by atoms with Crippen LogP contribution >= 0.6 is 15.9 Å². The van der Waals surface area contributed by atoms with E-state index in [1.807, 2.05) is 6.07 Å². The molecule has 98 valence electrons. The molecule has 0 heterocycles. The van der Waals surface area contributed by atoms with Gasteiger partial charge in [0.1, 0.15) is 5.82 Å². The number of halogens is 2. The fourth-order valence-corrected chi connectivity index (χ4v) is 2.51. The minimum Gasteiger partial charge on any atom is -0.310 e. The third-order valence-electron chi connectivity index (χ3n) is 2.79. The van der Waals surface area contributed by atoms with E-state index < -0.39 is 0 Å². The summed E-state index contributed by atoms with van der Waals surface area (Å²) in [7, 11) is 0. The molecule has 18 heavy (non-hydrogen) atoms. The van der Waals surface area contributed by atoms with Gasteiger partial charge in [0.2, 0.25) is 0 Å². The molecule has 1 N–H and O–H groups in total. The zero-order valence-corrected chi connectivity index (χ0v) is 12.3. The van der Waals surface area contributed by atoms with Crippen molar-refractivity contribution in [1.82, 2.24) is 5.32 Å². The predicted octanol–water partition coefficient (Wildman–Crippen LogP) is 4.43. The molecule has 1 atom stereocenters. The van der Waals surface area contributed by atoms with Crippen LogP contribution in [0.4, 0.5) is 4.39 Å². The first-order valence-electron chi connectivity index (χ1n) is 6.30. The number of terminal acetylenes is 1. The highest BCUT2D eigenvalue weighted by molar-refractivity contribution is 9.10. The second kappa shape index (κ2) is 8.29. The monoisotopic (exact) mass is 311 g/mol. The van der Waals surface area contributed by atoms with Crippen molar-refractivity contribution in [3.05, 3.63) is 34.1 Å². The highest BCUT2D eigenvalue weighted by Crippen LogP contribution is 2.27. The Balaban J connectivity index is 2.76. The van der Waals surface area contributed by atoms with Gasteiger partial charge in [-0.3, -0.25) is 0 Å². The Kier molecular flexibility index (Phi) is 7.00. The number of rotatable bonds is 7. The van der Waals surface area contributed by atoms with E-state index in [4.69, 9.17) is 6.42 Å². The van der Waals surface area contributed by atoms with E-state index in [0.717, 1.165) is 42.3 Å². The smallest absolute Gasteiger partial charge is 0.124 e. The van der Waals surface area contributed by atoms with Crippen LogP contribution in [0.3, 0.4) is 0 Å². The molecular formula is C15H19BrFN. The van der Waals surface area contributed by atoms with Gasteiger partial charge in [-0.15, -0.1) is 12.3 Å². The van der Waals surface area contributed by atoms with Gasteiger partial charge in [0.15, 0.2) is 0 Å². The fourth-order valence-electron chi connectivity index (χ4n) is 1.88. The van der Waals surface area contributed by atoms with Crippen LogP contribution < -0.4 is 5.32 Å². The van der Waals surface area contributed by atoms with Gasteiger partial charge in [-0.25, -0.2) is 4.39 Å². The van der Waals surface area contributed by atoms with E-state index in [2.05, 4.69) is 34.1 Å². The lowest BCUT2D eigenvalue weighted by Gasteiger charge is -2.20. The Hall–Kier alpha value is -0.850. The number of benzene rings is 1. The lowest BCUT2D eigenvalue weighted by molar-refractivity contribution is 0.485. The van der Waals surface area contributed by atoms with Gasteiger partial charge in [-0.2, -0.15) is 0 Å². The van der Waals surface area contributed by atoms with Crippen molar-refractivity contribution in [2.24, 2.45) is 0 Å². The first kappa shape index (κ1) is 15.2. The minimum absolute atomic E-state index is 0.219. The molecule has 0 saturated heterocycles. The topological polar surface area (TPSA) is 12.0 Å². The van der Waals surface area contributed by atoms with Crippen LogP contribution in [0.25, 0.3) is 0 Å². The van der Waals surface area contributed by atoms with Crippen molar-refractivity contribution in [2.75, 3.05) is 6.54 Å². The summed E-state index contributed by atoms with van der Waals surface area (Å²) in [6, 6.07) is 5.08. The molecule has 0 bridgehead atoms. The number of unbranched alkanes of at least 4 members (excludes halogenated alkanes) is 1. The lowest BCUT2D eigenvalue weighted by Crippen LogP contribution is -2.22. The van der Waals surface area contributed by atoms with Crippen molar-refractivity contribution in [3.8, 4) is 12.3 Å². The molecule has 0 aliphatic heterocycles. The molecule has 0 saturated carbocycles. The molecule has 0 fully saturated rings. The van der Waals surface area contributed by atoms with Crippen LogP contribution in [0.1, 0.15) is 44.2 Å². The fraction of sp³-hybridized carbons (Fsp3) is 0.467.